The van der Waals surface area contributed by atoms with Gasteiger partial charge in [0.05, 0.1) is 30.6 Å². The molecule has 4 rings (SSSR count). The summed E-state index contributed by atoms with van der Waals surface area (Å²) in [7, 11) is 1.66. The third-order valence-corrected chi connectivity index (χ3v) is 4.94. The number of pyridine rings is 1. The van der Waals surface area contributed by atoms with Crippen molar-refractivity contribution >= 4 is 33.4 Å². The van der Waals surface area contributed by atoms with Crippen LogP contribution in [0.5, 0.6) is 0 Å². The highest BCUT2D eigenvalue weighted by molar-refractivity contribution is 6.30. The lowest BCUT2D eigenvalue weighted by atomic mass is 9.97. The molecule has 2 heterocycles. The van der Waals surface area contributed by atoms with Crippen molar-refractivity contribution in [2.45, 2.75) is 19.6 Å². The number of methoxy groups -OCH3 is 1. The molecule has 0 fully saturated rings. The number of aromatic amines is 1. The number of rotatable bonds is 5. The molecule has 0 spiro atoms. The first-order valence-electron chi connectivity index (χ1n) is 8.45. The van der Waals surface area contributed by atoms with Crippen molar-refractivity contribution in [2.24, 2.45) is 0 Å². The van der Waals surface area contributed by atoms with Crippen LogP contribution in [-0.4, -0.2) is 22.2 Å². The molecule has 0 aliphatic carbocycles. The van der Waals surface area contributed by atoms with Gasteiger partial charge in [0.2, 0.25) is 0 Å². The molecule has 26 heavy (non-hydrogen) atoms. The van der Waals surface area contributed by atoms with Crippen LogP contribution in [0.15, 0.2) is 48.7 Å². The SMILES string of the molecule is COCc1c(CO)ncc2[nH]c3cccc(Cc4ccc(Cl)cc4)c3c12. The van der Waals surface area contributed by atoms with Crippen molar-refractivity contribution in [3.63, 3.8) is 0 Å². The minimum Gasteiger partial charge on any atom is -0.390 e. The molecule has 5 heteroatoms. The Morgan fingerprint density at radius 3 is 2.62 bits per heavy atom. The second-order valence-electron chi connectivity index (χ2n) is 6.33. The first-order valence-corrected chi connectivity index (χ1v) is 8.83. The van der Waals surface area contributed by atoms with Gasteiger partial charge in [-0.3, -0.25) is 4.98 Å². The lowest BCUT2D eigenvalue weighted by Crippen LogP contribution is -2.00. The number of ether oxygens (including phenoxy) is 1. The molecule has 0 radical (unpaired) electrons. The molecule has 2 N–H and O–H groups in total. The number of aliphatic hydroxyl groups is 1. The summed E-state index contributed by atoms with van der Waals surface area (Å²) < 4.78 is 5.39. The average molecular weight is 367 g/mol. The number of H-pyrrole nitrogens is 1. The summed E-state index contributed by atoms with van der Waals surface area (Å²) in [6.45, 7) is 0.295. The number of nitrogens with one attached hydrogen (secondary N) is 1. The van der Waals surface area contributed by atoms with Crippen LogP contribution in [0, 0.1) is 0 Å². The minimum absolute atomic E-state index is 0.110. The van der Waals surface area contributed by atoms with E-state index in [0.717, 1.165) is 38.8 Å². The van der Waals surface area contributed by atoms with Crippen LogP contribution < -0.4 is 0 Å². The standard InChI is InChI=1S/C21H19ClN2O2/c1-26-12-16-19(11-25)23-10-18-21(16)20-14(3-2-4-17(20)24-18)9-13-5-7-15(22)8-6-13/h2-8,10,24-25H,9,11-12H2,1H3. The number of aliphatic hydroxyl groups excluding tert-OH is 1. The molecule has 0 amide bonds. The Balaban J connectivity index is 1.95. The Kier molecular flexibility index (Phi) is 4.64. The molecule has 2 aromatic carbocycles. The van der Waals surface area contributed by atoms with E-state index in [1.165, 1.54) is 11.1 Å². The Morgan fingerprint density at radius 1 is 1.08 bits per heavy atom. The number of hydrogen-bond donors (Lipinski definition) is 2. The maximum Gasteiger partial charge on any atom is 0.0856 e. The van der Waals surface area contributed by atoms with Crippen LogP contribution in [0.2, 0.25) is 5.02 Å². The monoisotopic (exact) mass is 366 g/mol. The van der Waals surface area contributed by atoms with Crippen molar-refractivity contribution in [2.75, 3.05) is 7.11 Å². The molecule has 4 aromatic rings. The van der Waals surface area contributed by atoms with Crippen LogP contribution in [0.3, 0.4) is 0 Å². The summed E-state index contributed by atoms with van der Waals surface area (Å²) in [6, 6.07) is 14.2. The molecule has 0 aliphatic rings. The number of aromatic nitrogens is 2. The van der Waals surface area contributed by atoms with Crippen molar-refractivity contribution in [1.29, 1.82) is 0 Å². The van der Waals surface area contributed by atoms with E-state index in [4.69, 9.17) is 16.3 Å². The largest absolute Gasteiger partial charge is 0.390 e. The maximum atomic E-state index is 9.70. The van der Waals surface area contributed by atoms with Crippen LogP contribution in [-0.2, 0) is 24.4 Å². The number of nitrogens with zero attached hydrogens (tertiary/aromatic N) is 1. The fourth-order valence-corrected chi connectivity index (χ4v) is 3.65. The van der Waals surface area contributed by atoms with E-state index in [2.05, 4.69) is 28.2 Å². The minimum atomic E-state index is -0.110. The van der Waals surface area contributed by atoms with Gasteiger partial charge in [0.25, 0.3) is 0 Å². The summed E-state index contributed by atoms with van der Waals surface area (Å²) >= 11 is 6.01. The molecule has 0 saturated heterocycles. The predicted molar refractivity (Wildman–Crippen MR) is 104 cm³/mol. The Bertz CT molecular complexity index is 1070. The van der Waals surface area contributed by atoms with Gasteiger partial charge in [0.15, 0.2) is 0 Å². The fourth-order valence-electron chi connectivity index (χ4n) is 3.52. The molecular weight excluding hydrogens is 348 g/mol. The van der Waals surface area contributed by atoms with Crippen LogP contribution in [0.25, 0.3) is 21.8 Å². The molecule has 4 nitrogen and oxygen atoms in total. The second-order valence-corrected chi connectivity index (χ2v) is 6.77. The summed E-state index contributed by atoms with van der Waals surface area (Å²) in [5.41, 5.74) is 6.00. The highest BCUT2D eigenvalue weighted by Crippen LogP contribution is 2.33. The zero-order chi connectivity index (χ0) is 18.1. The van der Waals surface area contributed by atoms with E-state index in [0.29, 0.717) is 12.3 Å². The number of fused-ring (bicyclic) bond motifs is 3. The molecular formula is C21H19ClN2O2. The molecule has 0 aliphatic heterocycles. The lowest BCUT2D eigenvalue weighted by Gasteiger charge is -2.10. The van der Waals surface area contributed by atoms with Gasteiger partial charge in [0, 0.05) is 34.0 Å². The van der Waals surface area contributed by atoms with Crippen molar-refractivity contribution < 1.29 is 9.84 Å². The van der Waals surface area contributed by atoms with Gasteiger partial charge in [-0.25, -0.2) is 0 Å². The normalized spacial score (nSPS) is 11.5. The van der Waals surface area contributed by atoms with Crippen molar-refractivity contribution in [3.05, 3.63) is 76.1 Å². The topological polar surface area (TPSA) is 58.1 Å². The molecule has 132 valence electrons. The summed E-state index contributed by atoms with van der Waals surface area (Å²) in [5.74, 6) is 0. The lowest BCUT2D eigenvalue weighted by molar-refractivity contribution is 0.182. The van der Waals surface area contributed by atoms with Crippen LogP contribution in [0.1, 0.15) is 22.4 Å². The van der Waals surface area contributed by atoms with E-state index in [1.807, 2.05) is 24.3 Å². The summed E-state index contributed by atoms with van der Waals surface area (Å²) in [5, 5.41) is 12.7. The molecule has 2 aromatic heterocycles. The van der Waals surface area contributed by atoms with Gasteiger partial charge in [-0.2, -0.15) is 0 Å². The Labute approximate surface area is 156 Å². The summed E-state index contributed by atoms with van der Waals surface area (Å²) in [6.07, 6.45) is 2.58. The van der Waals surface area contributed by atoms with E-state index in [-0.39, 0.29) is 6.61 Å². The smallest absolute Gasteiger partial charge is 0.0856 e. The highest BCUT2D eigenvalue weighted by atomic mass is 35.5. The maximum absolute atomic E-state index is 9.70. The number of halogens is 1. The number of benzene rings is 2. The van der Waals surface area contributed by atoms with Crippen LogP contribution in [0.4, 0.5) is 0 Å². The zero-order valence-electron chi connectivity index (χ0n) is 14.4. The Hall–Kier alpha value is -2.40. The van der Waals surface area contributed by atoms with Crippen LogP contribution >= 0.6 is 11.6 Å². The highest BCUT2D eigenvalue weighted by Gasteiger charge is 2.16. The Morgan fingerprint density at radius 2 is 1.88 bits per heavy atom. The van der Waals surface area contributed by atoms with Gasteiger partial charge < -0.3 is 14.8 Å². The third kappa shape index (κ3) is 2.97. The molecule has 0 bridgehead atoms. The van der Waals surface area contributed by atoms with E-state index >= 15 is 0 Å². The fraction of sp³-hybridized carbons (Fsp3) is 0.190. The molecule has 0 unspecified atom stereocenters. The second kappa shape index (κ2) is 7.08. The van der Waals surface area contributed by atoms with E-state index < -0.39 is 0 Å². The van der Waals surface area contributed by atoms with E-state index in [9.17, 15) is 5.11 Å². The van der Waals surface area contributed by atoms with Gasteiger partial charge in [-0.1, -0.05) is 35.9 Å². The van der Waals surface area contributed by atoms with Crippen molar-refractivity contribution in [1.82, 2.24) is 9.97 Å². The van der Waals surface area contributed by atoms with Crippen molar-refractivity contribution in [3.8, 4) is 0 Å². The van der Waals surface area contributed by atoms with Gasteiger partial charge in [-0.15, -0.1) is 0 Å². The first-order chi connectivity index (χ1) is 12.7. The van der Waals surface area contributed by atoms with Gasteiger partial charge in [0.1, 0.15) is 0 Å². The summed E-state index contributed by atoms with van der Waals surface area (Å²) in [4.78, 5) is 7.83. The first kappa shape index (κ1) is 17.0. The molecule has 0 saturated carbocycles. The molecule has 0 atom stereocenters. The zero-order valence-corrected chi connectivity index (χ0v) is 15.2. The third-order valence-electron chi connectivity index (χ3n) is 4.69. The van der Waals surface area contributed by atoms with Gasteiger partial charge in [-0.05, 0) is 35.7 Å². The van der Waals surface area contributed by atoms with E-state index in [1.54, 1.807) is 13.3 Å². The van der Waals surface area contributed by atoms with Gasteiger partial charge >= 0.3 is 0 Å². The predicted octanol–water partition coefficient (Wildman–Crippen LogP) is 4.60. The quantitative estimate of drug-likeness (QED) is 0.542. The number of hydrogen-bond acceptors (Lipinski definition) is 3. The average Bonchev–Trinajstić information content (AvgIpc) is 3.04.